The molecule has 0 aromatic rings. The van der Waals surface area contributed by atoms with E-state index in [1.807, 2.05) is 9.80 Å². The highest BCUT2D eigenvalue weighted by Crippen LogP contribution is 2.33. The van der Waals surface area contributed by atoms with E-state index in [0.29, 0.717) is 12.3 Å². The van der Waals surface area contributed by atoms with Gasteiger partial charge in [-0.2, -0.15) is 0 Å². The molecule has 3 fully saturated rings. The van der Waals surface area contributed by atoms with Crippen molar-refractivity contribution in [3.8, 4) is 0 Å². The molecule has 0 radical (unpaired) electrons. The average molecular weight is 352 g/mol. The summed E-state index contributed by atoms with van der Waals surface area (Å²) in [6, 6.07) is 0.261. The first kappa shape index (κ1) is 18.6. The molecule has 0 spiro atoms. The normalized spacial score (nSPS) is 33.3. The maximum atomic E-state index is 12.8. The SMILES string of the molecule is O=C(C1CCC(O)CC1)N1CC[C@@H]2[C@@H](CCC(=O)N2CCCCO)C1. The second kappa shape index (κ2) is 8.49. The number of amides is 2. The number of hydrogen-bond acceptors (Lipinski definition) is 4. The first-order valence-corrected chi connectivity index (χ1v) is 9.97. The smallest absolute Gasteiger partial charge is 0.225 e. The monoisotopic (exact) mass is 352 g/mol. The second-order valence-corrected chi connectivity index (χ2v) is 7.96. The zero-order chi connectivity index (χ0) is 17.8. The van der Waals surface area contributed by atoms with Gasteiger partial charge in [-0.3, -0.25) is 9.59 Å². The summed E-state index contributed by atoms with van der Waals surface area (Å²) in [5, 5.41) is 18.6. The molecule has 25 heavy (non-hydrogen) atoms. The van der Waals surface area contributed by atoms with E-state index < -0.39 is 0 Å². The number of fused-ring (bicyclic) bond motifs is 1. The molecule has 6 nitrogen and oxygen atoms in total. The van der Waals surface area contributed by atoms with E-state index in [0.717, 1.165) is 71.0 Å². The highest BCUT2D eigenvalue weighted by molar-refractivity contribution is 5.80. The number of hydrogen-bond donors (Lipinski definition) is 2. The van der Waals surface area contributed by atoms with Gasteiger partial charge in [0.15, 0.2) is 0 Å². The molecule has 2 atom stereocenters. The minimum absolute atomic E-state index is 0.0748. The van der Waals surface area contributed by atoms with E-state index >= 15 is 0 Å². The van der Waals surface area contributed by atoms with Crippen molar-refractivity contribution in [2.24, 2.45) is 11.8 Å². The maximum absolute atomic E-state index is 12.8. The highest BCUT2D eigenvalue weighted by Gasteiger charge is 2.41. The topological polar surface area (TPSA) is 81.1 Å². The Kier molecular flexibility index (Phi) is 6.34. The van der Waals surface area contributed by atoms with Crippen molar-refractivity contribution in [1.29, 1.82) is 0 Å². The third-order valence-corrected chi connectivity index (χ3v) is 6.31. The van der Waals surface area contributed by atoms with Crippen LogP contribution in [-0.2, 0) is 9.59 Å². The highest BCUT2D eigenvalue weighted by atomic mass is 16.3. The Balaban J connectivity index is 1.56. The van der Waals surface area contributed by atoms with Crippen LogP contribution in [0.25, 0.3) is 0 Å². The van der Waals surface area contributed by atoms with Crippen LogP contribution in [0.15, 0.2) is 0 Å². The molecule has 0 aromatic heterocycles. The van der Waals surface area contributed by atoms with Crippen LogP contribution < -0.4 is 0 Å². The Labute approximate surface area is 150 Å². The van der Waals surface area contributed by atoms with Crippen molar-refractivity contribution < 1.29 is 19.8 Å². The Morgan fingerprint density at radius 3 is 2.56 bits per heavy atom. The molecule has 6 heteroatoms. The van der Waals surface area contributed by atoms with E-state index in [2.05, 4.69) is 0 Å². The van der Waals surface area contributed by atoms with Gasteiger partial charge in [-0.1, -0.05) is 0 Å². The summed E-state index contributed by atoms with van der Waals surface area (Å²) >= 11 is 0. The van der Waals surface area contributed by atoms with Gasteiger partial charge in [-0.25, -0.2) is 0 Å². The van der Waals surface area contributed by atoms with E-state index in [9.17, 15) is 14.7 Å². The summed E-state index contributed by atoms with van der Waals surface area (Å²) in [6.45, 7) is 2.42. The number of rotatable bonds is 5. The molecule has 2 aliphatic heterocycles. The first-order valence-electron chi connectivity index (χ1n) is 9.97. The van der Waals surface area contributed by atoms with Crippen molar-refractivity contribution in [3.63, 3.8) is 0 Å². The van der Waals surface area contributed by atoms with Gasteiger partial charge in [0.05, 0.1) is 6.10 Å². The maximum Gasteiger partial charge on any atom is 0.225 e. The number of nitrogens with zero attached hydrogens (tertiary/aromatic N) is 2. The van der Waals surface area contributed by atoms with Crippen molar-refractivity contribution in [2.75, 3.05) is 26.2 Å². The zero-order valence-electron chi connectivity index (χ0n) is 15.1. The van der Waals surface area contributed by atoms with E-state index in [1.54, 1.807) is 0 Å². The van der Waals surface area contributed by atoms with Gasteiger partial charge >= 0.3 is 0 Å². The van der Waals surface area contributed by atoms with Gasteiger partial charge in [0, 0.05) is 44.6 Å². The largest absolute Gasteiger partial charge is 0.396 e. The Hall–Kier alpha value is -1.14. The fourth-order valence-corrected chi connectivity index (χ4v) is 4.82. The Morgan fingerprint density at radius 2 is 1.84 bits per heavy atom. The van der Waals surface area contributed by atoms with Crippen LogP contribution in [0.2, 0.25) is 0 Å². The van der Waals surface area contributed by atoms with Crippen molar-refractivity contribution in [3.05, 3.63) is 0 Å². The van der Waals surface area contributed by atoms with Crippen LogP contribution in [0.4, 0.5) is 0 Å². The molecule has 0 aromatic carbocycles. The quantitative estimate of drug-likeness (QED) is 0.728. The lowest BCUT2D eigenvalue weighted by atomic mass is 9.81. The summed E-state index contributed by atoms with van der Waals surface area (Å²) in [5.41, 5.74) is 0. The predicted molar refractivity (Wildman–Crippen MR) is 93.7 cm³/mol. The molecule has 0 bridgehead atoms. The van der Waals surface area contributed by atoms with E-state index in [1.165, 1.54) is 0 Å². The van der Waals surface area contributed by atoms with Gasteiger partial charge in [0.2, 0.25) is 11.8 Å². The third kappa shape index (κ3) is 4.34. The number of piperidine rings is 2. The van der Waals surface area contributed by atoms with Crippen LogP contribution >= 0.6 is 0 Å². The third-order valence-electron chi connectivity index (χ3n) is 6.31. The number of aliphatic hydroxyl groups excluding tert-OH is 2. The molecule has 2 amide bonds. The number of unbranched alkanes of at least 4 members (excludes halogenated alkanes) is 1. The standard InChI is InChI=1S/C19H32N2O4/c22-12-2-1-10-21-17-9-11-20(13-15(17)5-8-18(21)24)19(25)14-3-6-16(23)7-4-14/h14-17,22-23H,1-13H2/t14?,15-,16?,17+/m0/s1. The summed E-state index contributed by atoms with van der Waals surface area (Å²) in [5.74, 6) is 0.957. The summed E-state index contributed by atoms with van der Waals surface area (Å²) in [4.78, 5) is 29.2. The van der Waals surface area contributed by atoms with E-state index in [-0.39, 0.29) is 36.5 Å². The number of likely N-dealkylation sites (tertiary alicyclic amines) is 2. The van der Waals surface area contributed by atoms with Crippen LogP contribution in [-0.4, -0.2) is 70.2 Å². The lowest BCUT2D eigenvalue weighted by molar-refractivity contribution is -0.146. The molecular formula is C19H32N2O4. The molecule has 3 rings (SSSR count). The van der Waals surface area contributed by atoms with Crippen LogP contribution in [0.3, 0.4) is 0 Å². The molecule has 1 saturated carbocycles. The summed E-state index contributed by atoms with van der Waals surface area (Å²) in [7, 11) is 0. The number of aliphatic hydroxyl groups is 2. The van der Waals surface area contributed by atoms with Gasteiger partial charge in [-0.15, -0.1) is 0 Å². The fourth-order valence-electron chi connectivity index (χ4n) is 4.82. The Bertz CT molecular complexity index is 476. The Morgan fingerprint density at radius 1 is 1.08 bits per heavy atom. The summed E-state index contributed by atoms with van der Waals surface area (Å²) in [6.07, 6.45) is 6.77. The summed E-state index contributed by atoms with van der Waals surface area (Å²) < 4.78 is 0. The fraction of sp³-hybridized carbons (Fsp3) is 0.895. The lowest BCUT2D eigenvalue weighted by Crippen LogP contribution is -2.57. The molecule has 2 saturated heterocycles. The minimum Gasteiger partial charge on any atom is -0.396 e. The average Bonchev–Trinajstić information content (AvgIpc) is 2.63. The second-order valence-electron chi connectivity index (χ2n) is 7.96. The minimum atomic E-state index is -0.230. The van der Waals surface area contributed by atoms with Gasteiger partial charge in [0.1, 0.15) is 0 Å². The van der Waals surface area contributed by atoms with Crippen LogP contribution in [0.1, 0.15) is 57.8 Å². The number of carbonyl (C=O) groups excluding carboxylic acids is 2. The molecule has 1 aliphatic carbocycles. The van der Waals surface area contributed by atoms with Crippen LogP contribution in [0.5, 0.6) is 0 Å². The molecule has 2 heterocycles. The molecule has 3 aliphatic rings. The predicted octanol–water partition coefficient (Wildman–Crippen LogP) is 1.15. The van der Waals surface area contributed by atoms with Crippen molar-refractivity contribution in [1.82, 2.24) is 9.80 Å². The van der Waals surface area contributed by atoms with Crippen molar-refractivity contribution >= 4 is 11.8 Å². The number of carbonyl (C=O) groups is 2. The molecule has 2 N–H and O–H groups in total. The van der Waals surface area contributed by atoms with Gasteiger partial charge < -0.3 is 20.0 Å². The van der Waals surface area contributed by atoms with Crippen molar-refractivity contribution in [2.45, 2.75) is 69.9 Å². The lowest BCUT2D eigenvalue weighted by Gasteiger charge is -2.47. The van der Waals surface area contributed by atoms with Gasteiger partial charge in [0.25, 0.3) is 0 Å². The molecule has 0 unspecified atom stereocenters. The molecule has 142 valence electrons. The first-order chi connectivity index (χ1) is 12.1. The van der Waals surface area contributed by atoms with E-state index in [4.69, 9.17) is 5.11 Å². The zero-order valence-corrected chi connectivity index (χ0v) is 15.1. The molecular weight excluding hydrogens is 320 g/mol. The van der Waals surface area contributed by atoms with Crippen LogP contribution in [0, 0.1) is 11.8 Å². The van der Waals surface area contributed by atoms with Gasteiger partial charge in [-0.05, 0) is 57.3 Å².